The number of pyridine rings is 1. The molecule has 0 saturated carbocycles. The smallest absolute Gasteiger partial charge is 0.257 e. The van der Waals surface area contributed by atoms with E-state index in [0.29, 0.717) is 37.6 Å². The predicted octanol–water partition coefficient (Wildman–Crippen LogP) is 0.789. The number of rotatable bonds is 4. The molecule has 0 aromatic carbocycles. The zero-order valence-electron chi connectivity index (χ0n) is 14.0. The van der Waals surface area contributed by atoms with Gasteiger partial charge >= 0.3 is 0 Å². The molecule has 24 heavy (non-hydrogen) atoms. The highest BCUT2D eigenvalue weighted by molar-refractivity contribution is 7.89. The van der Waals surface area contributed by atoms with Crippen LogP contribution >= 0.6 is 0 Å². The van der Waals surface area contributed by atoms with Crippen LogP contribution < -0.4 is 4.90 Å². The molecule has 0 radical (unpaired) electrons. The van der Waals surface area contributed by atoms with Crippen LogP contribution in [0, 0.1) is 0 Å². The van der Waals surface area contributed by atoms with E-state index in [4.69, 9.17) is 0 Å². The number of sulfonamides is 1. The molecule has 3 heterocycles. The molecule has 3 rings (SSSR count). The van der Waals surface area contributed by atoms with Gasteiger partial charge in [0.05, 0.1) is 11.3 Å². The lowest BCUT2D eigenvalue weighted by Crippen LogP contribution is -2.49. The van der Waals surface area contributed by atoms with Gasteiger partial charge in [-0.3, -0.25) is 4.79 Å². The number of piperazine rings is 1. The molecule has 0 atom stereocenters. The second-order valence-corrected chi connectivity index (χ2v) is 8.42. The summed E-state index contributed by atoms with van der Waals surface area (Å²) in [5, 5.41) is 0. The van der Waals surface area contributed by atoms with E-state index in [-0.39, 0.29) is 11.7 Å². The van der Waals surface area contributed by atoms with Crippen LogP contribution in [0.4, 0.5) is 5.82 Å². The van der Waals surface area contributed by atoms with Gasteiger partial charge < -0.3 is 9.80 Å². The molecular formula is C16H24N4O3S. The topological polar surface area (TPSA) is 73.8 Å². The van der Waals surface area contributed by atoms with Crippen molar-refractivity contribution in [2.75, 3.05) is 49.9 Å². The lowest BCUT2D eigenvalue weighted by atomic mass is 10.2. The van der Waals surface area contributed by atoms with E-state index in [1.165, 1.54) is 4.31 Å². The number of anilines is 1. The monoisotopic (exact) mass is 352 g/mol. The minimum Gasteiger partial charge on any atom is -0.353 e. The summed E-state index contributed by atoms with van der Waals surface area (Å²) in [6.07, 6.45) is 3.79. The molecule has 8 heteroatoms. The van der Waals surface area contributed by atoms with Crippen molar-refractivity contribution in [1.82, 2.24) is 14.2 Å². The second kappa shape index (κ2) is 7.06. The minimum atomic E-state index is -3.16. The molecule has 2 fully saturated rings. The summed E-state index contributed by atoms with van der Waals surface area (Å²) in [6, 6.07) is 3.60. The summed E-state index contributed by atoms with van der Waals surface area (Å²) in [7, 11) is -3.16. The molecule has 0 spiro atoms. The molecule has 1 amide bonds. The van der Waals surface area contributed by atoms with Gasteiger partial charge in [0.2, 0.25) is 10.0 Å². The number of aromatic nitrogens is 1. The quantitative estimate of drug-likeness (QED) is 0.801. The van der Waals surface area contributed by atoms with Gasteiger partial charge in [-0.2, -0.15) is 4.31 Å². The van der Waals surface area contributed by atoms with Crippen molar-refractivity contribution in [3.05, 3.63) is 23.9 Å². The molecule has 2 aliphatic rings. The number of carbonyl (C=O) groups excluding carboxylic acids is 1. The first kappa shape index (κ1) is 17.2. The summed E-state index contributed by atoms with van der Waals surface area (Å²) >= 11 is 0. The van der Waals surface area contributed by atoms with Crippen molar-refractivity contribution in [2.24, 2.45) is 0 Å². The number of hydrogen-bond donors (Lipinski definition) is 0. The maximum atomic E-state index is 12.7. The van der Waals surface area contributed by atoms with Crippen molar-refractivity contribution < 1.29 is 13.2 Å². The van der Waals surface area contributed by atoms with E-state index in [1.807, 2.05) is 15.9 Å². The number of nitrogens with zero attached hydrogens (tertiary/aromatic N) is 4. The second-order valence-electron chi connectivity index (χ2n) is 6.16. The summed E-state index contributed by atoms with van der Waals surface area (Å²) in [4.78, 5) is 21.0. The number of amides is 1. The van der Waals surface area contributed by atoms with Crippen molar-refractivity contribution in [1.29, 1.82) is 0 Å². The van der Waals surface area contributed by atoms with Crippen molar-refractivity contribution in [3.8, 4) is 0 Å². The third-order valence-electron chi connectivity index (χ3n) is 4.71. The number of carbonyl (C=O) groups is 1. The molecule has 0 aliphatic carbocycles. The Hall–Kier alpha value is -1.67. The van der Waals surface area contributed by atoms with Gasteiger partial charge in [-0.1, -0.05) is 0 Å². The normalized spacial score (nSPS) is 19.7. The first-order chi connectivity index (χ1) is 11.5. The molecule has 2 saturated heterocycles. The van der Waals surface area contributed by atoms with Gasteiger partial charge in [0.25, 0.3) is 5.91 Å². The maximum absolute atomic E-state index is 12.7. The van der Waals surface area contributed by atoms with E-state index < -0.39 is 10.0 Å². The summed E-state index contributed by atoms with van der Waals surface area (Å²) in [5.74, 6) is 0.817. The summed E-state index contributed by atoms with van der Waals surface area (Å²) in [5.41, 5.74) is 0.617. The average molecular weight is 352 g/mol. The number of likely N-dealkylation sites (tertiary alicyclic amines) is 1. The zero-order chi connectivity index (χ0) is 17.2. The Kier molecular flexibility index (Phi) is 5.05. The Morgan fingerprint density at radius 2 is 1.79 bits per heavy atom. The molecule has 1 aromatic heterocycles. The molecule has 2 aliphatic heterocycles. The van der Waals surface area contributed by atoms with E-state index in [9.17, 15) is 13.2 Å². The van der Waals surface area contributed by atoms with Gasteiger partial charge in [-0.15, -0.1) is 0 Å². The van der Waals surface area contributed by atoms with Crippen molar-refractivity contribution in [3.63, 3.8) is 0 Å². The van der Waals surface area contributed by atoms with Crippen LogP contribution in [0.3, 0.4) is 0 Å². The average Bonchev–Trinajstić information content (AvgIpc) is 3.16. The number of hydrogen-bond acceptors (Lipinski definition) is 5. The van der Waals surface area contributed by atoms with Crippen LogP contribution in [-0.4, -0.2) is 73.5 Å². The largest absolute Gasteiger partial charge is 0.353 e. The van der Waals surface area contributed by atoms with Gasteiger partial charge in [-0.25, -0.2) is 13.4 Å². The molecule has 132 valence electrons. The Labute approximate surface area is 143 Å². The fourth-order valence-corrected chi connectivity index (χ4v) is 4.35. The molecule has 0 N–H and O–H groups in total. The Morgan fingerprint density at radius 1 is 1.12 bits per heavy atom. The van der Waals surface area contributed by atoms with Gasteiger partial charge in [0, 0.05) is 45.5 Å². The first-order valence-corrected chi connectivity index (χ1v) is 10.1. The van der Waals surface area contributed by atoms with Crippen LogP contribution in [0.2, 0.25) is 0 Å². The van der Waals surface area contributed by atoms with Crippen LogP contribution in [0.25, 0.3) is 0 Å². The van der Waals surface area contributed by atoms with Gasteiger partial charge in [0.15, 0.2) is 0 Å². The van der Waals surface area contributed by atoms with Crippen molar-refractivity contribution in [2.45, 2.75) is 19.8 Å². The minimum absolute atomic E-state index is 0.0270. The van der Waals surface area contributed by atoms with E-state index in [0.717, 1.165) is 25.9 Å². The van der Waals surface area contributed by atoms with Gasteiger partial charge in [0.1, 0.15) is 5.82 Å². The molecule has 0 unspecified atom stereocenters. The first-order valence-electron chi connectivity index (χ1n) is 8.50. The standard InChI is InChI=1S/C16H24N4O3S/c1-2-24(22,23)20-12-10-18(11-13-20)15-14(6-5-7-17-15)16(21)19-8-3-4-9-19/h5-7H,2-4,8-13H2,1H3. The zero-order valence-corrected chi connectivity index (χ0v) is 14.8. The summed E-state index contributed by atoms with van der Waals surface area (Å²) < 4.78 is 25.5. The Bertz CT molecular complexity index is 693. The maximum Gasteiger partial charge on any atom is 0.257 e. The highest BCUT2D eigenvalue weighted by Crippen LogP contribution is 2.23. The Morgan fingerprint density at radius 3 is 2.42 bits per heavy atom. The van der Waals surface area contributed by atoms with Crippen molar-refractivity contribution >= 4 is 21.7 Å². The highest BCUT2D eigenvalue weighted by Gasteiger charge is 2.29. The lowest BCUT2D eigenvalue weighted by Gasteiger charge is -2.35. The van der Waals surface area contributed by atoms with Crippen LogP contribution in [-0.2, 0) is 10.0 Å². The van der Waals surface area contributed by atoms with Gasteiger partial charge in [-0.05, 0) is 31.9 Å². The van der Waals surface area contributed by atoms with E-state index >= 15 is 0 Å². The summed E-state index contributed by atoms with van der Waals surface area (Å²) in [6.45, 7) is 5.24. The third kappa shape index (κ3) is 3.39. The van der Waals surface area contributed by atoms with Crippen LogP contribution in [0.5, 0.6) is 0 Å². The third-order valence-corrected chi connectivity index (χ3v) is 6.59. The van der Waals surface area contributed by atoms with E-state index in [2.05, 4.69) is 4.98 Å². The highest BCUT2D eigenvalue weighted by atomic mass is 32.2. The molecule has 1 aromatic rings. The predicted molar refractivity (Wildman–Crippen MR) is 92.6 cm³/mol. The fraction of sp³-hybridized carbons (Fsp3) is 0.625. The van der Waals surface area contributed by atoms with Crippen LogP contribution in [0.15, 0.2) is 18.3 Å². The van der Waals surface area contributed by atoms with E-state index in [1.54, 1.807) is 19.2 Å². The fourth-order valence-electron chi connectivity index (χ4n) is 3.27. The Balaban J connectivity index is 1.75. The lowest BCUT2D eigenvalue weighted by molar-refractivity contribution is 0.0793. The van der Waals surface area contributed by atoms with Crippen LogP contribution in [0.1, 0.15) is 30.1 Å². The molecule has 7 nitrogen and oxygen atoms in total. The molecule has 0 bridgehead atoms. The SMILES string of the molecule is CCS(=O)(=O)N1CCN(c2ncccc2C(=O)N2CCCC2)CC1. The molecular weight excluding hydrogens is 328 g/mol.